The summed E-state index contributed by atoms with van der Waals surface area (Å²) in [5, 5.41) is 17.0. The summed E-state index contributed by atoms with van der Waals surface area (Å²) in [6.07, 6.45) is 0. The molecule has 0 bridgehead atoms. The van der Waals surface area contributed by atoms with Crippen molar-refractivity contribution < 1.29 is 20.1 Å². The number of rotatable bonds is 2. The Hall–Kier alpha value is -1.59. The number of hydrogen-bond donors (Lipinski definition) is 3. The average molecular weight is 169 g/mol. The average Bonchev–Trinajstić information content (AvgIpc) is 2.05. The standard InChI is InChI=1S/C7H7NO4/c9-6-4-2-1-3-5(6)7(10)8-12-11/h1-4,9,11H,(H,8,10). The number of carbonyl (C=O) groups excluding carboxylic acids is 1. The molecule has 64 valence electrons. The van der Waals surface area contributed by atoms with Crippen LogP contribution in [0.1, 0.15) is 10.4 Å². The zero-order valence-electron chi connectivity index (χ0n) is 6.02. The number of phenolic OH excluding ortho intramolecular Hbond substituents is 1. The summed E-state index contributed by atoms with van der Waals surface area (Å²) in [5.41, 5.74) is 1.69. The van der Waals surface area contributed by atoms with Gasteiger partial charge in [-0.05, 0) is 12.1 Å². The molecule has 0 unspecified atom stereocenters. The molecule has 0 aliphatic carbocycles. The Morgan fingerprint density at radius 1 is 1.42 bits per heavy atom. The molecule has 5 heteroatoms. The van der Waals surface area contributed by atoms with Gasteiger partial charge in [-0.25, -0.2) is 5.26 Å². The fourth-order valence-electron chi connectivity index (χ4n) is 0.762. The largest absolute Gasteiger partial charge is 0.507 e. The van der Waals surface area contributed by atoms with Crippen LogP contribution in [-0.4, -0.2) is 16.3 Å². The Labute approximate surface area is 68.1 Å². The molecule has 0 aromatic heterocycles. The third kappa shape index (κ3) is 1.71. The Balaban J connectivity index is 2.87. The maximum absolute atomic E-state index is 10.9. The van der Waals surface area contributed by atoms with Crippen molar-refractivity contribution in [1.82, 2.24) is 5.48 Å². The molecule has 5 nitrogen and oxygen atoms in total. The molecule has 0 atom stereocenters. The lowest BCUT2D eigenvalue weighted by Crippen LogP contribution is -2.21. The van der Waals surface area contributed by atoms with Gasteiger partial charge in [0.1, 0.15) is 5.75 Å². The van der Waals surface area contributed by atoms with E-state index in [1.807, 2.05) is 0 Å². The van der Waals surface area contributed by atoms with Crippen molar-refractivity contribution in [2.24, 2.45) is 0 Å². The van der Waals surface area contributed by atoms with Crippen molar-refractivity contribution in [3.63, 3.8) is 0 Å². The molecule has 1 amide bonds. The molecule has 0 radical (unpaired) electrons. The minimum atomic E-state index is -0.712. The van der Waals surface area contributed by atoms with Gasteiger partial charge in [0, 0.05) is 0 Å². The second kappa shape index (κ2) is 3.70. The predicted molar refractivity (Wildman–Crippen MR) is 39.3 cm³/mol. The van der Waals surface area contributed by atoms with Crippen LogP contribution in [0.3, 0.4) is 0 Å². The Morgan fingerprint density at radius 2 is 2.08 bits per heavy atom. The lowest BCUT2D eigenvalue weighted by Gasteiger charge is -2.01. The molecular weight excluding hydrogens is 162 g/mol. The number of benzene rings is 1. The van der Waals surface area contributed by atoms with E-state index in [2.05, 4.69) is 4.99 Å². The van der Waals surface area contributed by atoms with Crippen molar-refractivity contribution in [3.05, 3.63) is 29.8 Å². The van der Waals surface area contributed by atoms with E-state index in [0.717, 1.165) is 0 Å². The highest BCUT2D eigenvalue weighted by Crippen LogP contribution is 2.14. The van der Waals surface area contributed by atoms with Crippen LogP contribution in [-0.2, 0) is 4.99 Å². The second-order valence-electron chi connectivity index (χ2n) is 2.04. The molecule has 0 aliphatic heterocycles. The first-order valence-corrected chi connectivity index (χ1v) is 3.14. The van der Waals surface area contributed by atoms with E-state index in [4.69, 9.17) is 10.4 Å². The predicted octanol–water partition coefficient (Wildman–Crippen LogP) is 0.527. The normalized spacial score (nSPS) is 9.42. The molecule has 1 aromatic carbocycles. The minimum absolute atomic E-state index is 0.0338. The van der Waals surface area contributed by atoms with Gasteiger partial charge in [0.05, 0.1) is 5.56 Å². The summed E-state index contributed by atoms with van der Waals surface area (Å²) in [6.45, 7) is 0. The molecule has 0 aliphatic rings. The first-order chi connectivity index (χ1) is 5.75. The van der Waals surface area contributed by atoms with Gasteiger partial charge < -0.3 is 5.11 Å². The van der Waals surface area contributed by atoms with Gasteiger partial charge in [0.25, 0.3) is 5.91 Å². The van der Waals surface area contributed by atoms with Crippen molar-refractivity contribution in [3.8, 4) is 5.75 Å². The van der Waals surface area contributed by atoms with Crippen molar-refractivity contribution in [2.75, 3.05) is 0 Å². The molecule has 3 N–H and O–H groups in total. The van der Waals surface area contributed by atoms with Crippen molar-refractivity contribution in [2.45, 2.75) is 0 Å². The highest BCUT2D eigenvalue weighted by molar-refractivity contribution is 5.95. The van der Waals surface area contributed by atoms with Gasteiger partial charge in [-0.3, -0.25) is 4.79 Å². The monoisotopic (exact) mass is 169 g/mol. The quantitative estimate of drug-likeness (QED) is 0.445. The number of carbonyl (C=O) groups is 1. The molecule has 0 fully saturated rings. The number of nitrogens with one attached hydrogen (secondary N) is 1. The Bertz CT molecular complexity index is 286. The molecule has 1 aromatic rings. The Morgan fingerprint density at radius 3 is 2.67 bits per heavy atom. The molecule has 0 heterocycles. The van der Waals surface area contributed by atoms with Gasteiger partial charge in [-0.2, -0.15) is 5.48 Å². The van der Waals surface area contributed by atoms with E-state index in [0.29, 0.717) is 0 Å². The summed E-state index contributed by atoms with van der Waals surface area (Å²) in [4.78, 5) is 14.3. The van der Waals surface area contributed by atoms with Gasteiger partial charge in [0.2, 0.25) is 0 Å². The van der Waals surface area contributed by atoms with Crippen LogP contribution in [0.2, 0.25) is 0 Å². The highest BCUT2D eigenvalue weighted by atomic mass is 17.2. The zero-order chi connectivity index (χ0) is 8.97. The van der Waals surface area contributed by atoms with E-state index >= 15 is 0 Å². The summed E-state index contributed by atoms with van der Waals surface area (Å²) < 4.78 is 0. The number of amides is 1. The molecule has 0 saturated heterocycles. The van der Waals surface area contributed by atoms with Gasteiger partial charge in [-0.15, -0.1) is 4.99 Å². The lowest BCUT2D eigenvalue weighted by atomic mass is 10.2. The van der Waals surface area contributed by atoms with E-state index in [1.165, 1.54) is 12.1 Å². The van der Waals surface area contributed by atoms with Crippen LogP contribution in [0.25, 0.3) is 0 Å². The third-order valence-corrected chi connectivity index (χ3v) is 1.29. The summed E-state index contributed by atoms with van der Waals surface area (Å²) in [7, 11) is 0. The van der Waals surface area contributed by atoms with E-state index in [9.17, 15) is 4.79 Å². The lowest BCUT2D eigenvalue weighted by molar-refractivity contribution is -0.277. The molecule has 0 spiro atoms. The molecule has 1 rings (SSSR count). The highest BCUT2D eigenvalue weighted by Gasteiger charge is 2.08. The van der Waals surface area contributed by atoms with Gasteiger partial charge in [-0.1, -0.05) is 12.1 Å². The smallest absolute Gasteiger partial charge is 0.280 e. The maximum atomic E-state index is 10.9. The summed E-state index contributed by atoms with van der Waals surface area (Å²) in [5.74, 6) is -0.886. The number of phenols is 1. The number of aromatic hydroxyl groups is 1. The summed E-state index contributed by atoms with van der Waals surface area (Å²) >= 11 is 0. The number of hydroxylamine groups is 1. The maximum Gasteiger partial charge on any atom is 0.280 e. The van der Waals surface area contributed by atoms with E-state index in [1.54, 1.807) is 17.6 Å². The minimum Gasteiger partial charge on any atom is -0.507 e. The molecular formula is C7H7NO4. The summed E-state index contributed by atoms with van der Waals surface area (Å²) in [6, 6.07) is 5.90. The first-order valence-electron chi connectivity index (χ1n) is 3.14. The van der Waals surface area contributed by atoms with Crippen LogP contribution in [0.4, 0.5) is 0 Å². The third-order valence-electron chi connectivity index (χ3n) is 1.29. The van der Waals surface area contributed by atoms with Crippen LogP contribution < -0.4 is 5.48 Å². The molecule has 0 saturated carbocycles. The van der Waals surface area contributed by atoms with Crippen LogP contribution in [0.5, 0.6) is 5.75 Å². The molecule has 12 heavy (non-hydrogen) atoms. The number of para-hydroxylation sites is 1. The zero-order valence-corrected chi connectivity index (χ0v) is 6.02. The SMILES string of the molecule is O=C(NOO)c1ccccc1O. The fraction of sp³-hybridized carbons (Fsp3) is 0. The first kappa shape index (κ1) is 8.51. The topological polar surface area (TPSA) is 78.8 Å². The fourth-order valence-corrected chi connectivity index (χ4v) is 0.762. The van der Waals surface area contributed by atoms with Crippen LogP contribution in [0.15, 0.2) is 24.3 Å². The van der Waals surface area contributed by atoms with Crippen molar-refractivity contribution >= 4 is 5.91 Å². The Kier molecular flexibility index (Phi) is 2.62. The van der Waals surface area contributed by atoms with Crippen LogP contribution in [0, 0.1) is 0 Å². The van der Waals surface area contributed by atoms with Crippen LogP contribution >= 0.6 is 0 Å². The number of hydrogen-bond acceptors (Lipinski definition) is 4. The van der Waals surface area contributed by atoms with Gasteiger partial charge in [0.15, 0.2) is 0 Å². The van der Waals surface area contributed by atoms with Gasteiger partial charge >= 0.3 is 0 Å². The van der Waals surface area contributed by atoms with Crippen molar-refractivity contribution in [1.29, 1.82) is 0 Å². The second-order valence-corrected chi connectivity index (χ2v) is 2.04. The van der Waals surface area contributed by atoms with E-state index < -0.39 is 5.91 Å². The van der Waals surface area contributed by atoms with E-state index in [-0.39, 0.29) is 11.3 Å².